The summed E-state index contributed by atoms with van der Waals surface area (Å²) in [6.07, 6.45) is -2.29. The smallest absolute Gasteiger partial charge is 0.394 e. The van der Waals surface area contributed by atoms with Gasteiger partial charge in [0.25, 0.3) is 0 Å². The Bertz CT molecular complexity index is 479. The van der Waals surface area contributed by atoms with Gasteiger partial charge in [0, 0.05) is 6.04 Å². The minimum Gasteiger partial charge on any atom is -0.480 e. The molecule has 0 aliphatic heterocycles. The number of hydrogen-bond donors (Lipinski definition) is 2. The monoisotopic (exact) mass is 319 g/mol. The molecule has 3 nitrogen and oxygen atoms in total. The molecule has 0 aromatic carbocycles. The van der Waals surface area contributed by atoms with Crippen molar-refractivity contribution < 1.29 is 23.1 Å². The van der Waals surface area contributed by atoms with Crippen LogP contribution in [0.2, 0.25) is 0 Å². The molecule has 0 amide bonds. The average Bonchev–Trinajstić information content (AvgIpc) is 2.37. The second-order valence-electron chi connectivity index (χ2n) is 7.96. The van der Waals surface area contributed by atoms with E-state index in [1.807, 2.05) is 13.8 Å². The lowest BCUT2D eigenvalue weighted by Gasteiger charge is -2.60. The third kappa shape index (κ3) is 2.17. The van der Waals surface area contributed by atoms with E-state index in [0.717, 1.165) is 0 Å². The minimum absolute atomic E-state index is 0.0360. The van der Waals surface area contributed by atoms with E-state index in [-0.39, 0.29) is 37.1 Å². The van der Waals surface area contributed by atoms with Gasteiger partial charge in [0.05, 0.1) is 5.41 Å². The van der Waals surface area contributed by atoms with Crippen LogP contribution in [0.1, 0.15) is 52.4 Å². The quantitative estimate of drug-likeness (QED) is 0.836. The maximum atomic E-state index is 13.7. The molecule has 126 valence electrons. The van der Waals surface area contributed by atoms with Crippen molar-refractivity contribution in [2.24, 2.45) is 23.2 Å². The van der Waals surface area contributed by atoms with E-state index in [0.29, 0.717) is 19.3 Å². The van der Waals surface area contributed by atoms with Gasteiger partial charge in [-0.15, -0.1) is 0 Å². The number of carboxylic acid groups (broad SMARTS) is 1. The zero-order valence-electron chi connectivity index (χ0n) is 13.0. The Morgan fingerprint density at radius 2 is 1.91 bits per heavy atom. The van der Waals surface area contributed by atoms with Crippen molar-refractivity contribution in [1.29, 1.82) is 0 Å². The predicted octanol–water partition coefficient (Wildman–Crippen LogP) is 3.59. The van der Waals surface area contributed by atoms with Gasteiger partial charge >= 0.3 is 12.1 Å². The third-order valence-corrected chi connectivity index (χ3v) is 6.35. The Balaban J connectivity index is 2.00. The van der Waals surface area contributed by atoms with Gasteiger partial charge in [0.15, 0.2) is 0 Å². The zero-order valence-corrected chi connectivity index (χ0v) is 13.0. The highest BCUT2D eigenvalue weighted by molar-refractivity contribution is 5.79. The molecule has 0 saturated heterocycles. The van der Waals surface area contributed by atoms with E-state index in [4.69, 9.17) is 0 Å². The van der Waals surface area contributed by atoms with E-state index in [2.05, 4.69) is 5.32 Å². The number of carbonyl (C=O) groups is 1. The van der Waals surface area contributed by atoms with Crippen molar-refractivity contribution in [3.05, 3.63) is 0 Å². The molecule has 5 atom stereocenters. The molecule has 3 bridgehead atoms. The average molecular weight is 319 g/mol. The van der Waals surface area contributed by atoms with E-state index in [1.54, 1.807) is 0 Å². The van der Waals surface area contributed by atoms with Crippen LogP contribution in [-0.4, -0.2) is 28.8 Å². The second kappa shape index (κ2) is 4.86. The second-order valence-corrected chi connectivity index (χ2v) is 7.96. The fourth-order valence-corrected chi connectivity index (χ4v) is 5.46. The van der Waals surface area contributed by atoms with Gasteiger partial charge in [-0.05, 0) is 70.1 Å². The molecule has 5 unspecified atom stereocenters. The summed E-state index contributed by atoms with van der Waals surface area (Å²) in [6, 6.07) is -0.0602. The summed E-state index contributed by atoms with van der Waals surface area (Å²) < 4.78 is 41.0. The summed E-state index contributed by atoms with van der Waals surface area (Å²) in [7, 11) is 0. The fraction of sp³-hybridized carbons (Fsp3) is 0.938. The number of fused-ring (bicyclic) bond motifs is 2. The van der Waals surface area contributed by atoms with Gasteiger partial charge in [-0.1, -0.05) is 0 Å². The van der Waals surface area contributed by atoms with E-state index < -0.39 is 29.0 Å². The van der Waals surface area contributed by atoms with Gasteiger partial charge in [-0.2, -0.15) is 13.2 Å². The lowest BCUT2D eigenvalue weighted by Crippen LogP contribution is -2.68. The summed E-state index contributed by atoms with van der Waals surface area (Å²) in [5.74, 6) is -1.26. The van der Waals surface area contributed by atoms with Gasteiger partial charge in [-0.25, -0.2) is 0 Å². The van der Waals surface area contributed by atoms with Gasteiger partial charge < -0.3 is 5.11 Å². The first kappa shape index (κ1) is 16.1. The number of carboxylic acids is 1. The van der Waals surface area contributed by atoms with Crippen LogP contribution < -0.4 is 5.32 Å². The molecule has 0 aromatic heterocycles. The molecule has 3 aliphatic carbocycles. The molecule has 0 heterocycles. The normalized spacial score (nSPS) is 44.4. The standard InChI is InChI=1S/C16H24F3NO2/c1-9(2)20-15(13(21)22)7-10-3-4-14(16(17,18)19)6-11(10)5-12(15)8-14/h9-12,20H,3-8H2,1-2H3,(H,21,22). The van der Waals surface area contributed by atoms with Crippen LogP contribution in [0.3, 0.4) is 0 Å². The van der Waals surface area contributed by atoms with Gasteiger partial charge in [-0.3, -0.25) is 10.1 Å². The topological polar surface area (TPSA) is 49.3 Å². The van der Waals surface area contributed by atoms with Crippen LogP contribution in [-0.2, 0) is 4.79 Å². The Kier molecular flexibility index (Phi) is 3.55. The molecule has 3 rings (SSSR count). The number of aliphatic carboxylic acids is 1. The molecular formula is C16H24F3NO2. The van der Waals surface area contributed by atoms with Gasteiger partial charge in [0.2, 0.25) is 0 Å². The molecule has 22 heavy (non-hydrogen) atoms. The molecule has 6 heteroatoms. The van der Waals surface area contributed by atoms with Crippen molar-refractivity contribution in [3.8, 4) is 0 Å². The Hall–Kier alpha value is -0.780. The molecular weight excluding hydrogens is 295 g/mol. The van der Waals surface area contributed by atoms with E-state index in [1.165, 1.54) is 0 Å². The number of alkyl halides is 3. The van der Waals surface area contributed by atoms with Crippen LogP contribution in [0.5, 0.6) is 0 Å². The highest BCUT2D eigenvalue weighted by Gasteiger charge is 2.67. The fourth-order valence-electron chi connectivity index (χ4n) is 5.46. The summed E-state index contributed by atoms with van der Waals surface area (Å²) in [5, 5.41) is 13.0. The number of halogens is 3. The molecule has 0 aromatic rings. The van der Waals surface area contributed by atoms with Gasteiger partial charge in [0.1, 0.15) is 5.54 Å². The maximum absolute atomic E-state index is 13.7. The van der Waals surface area contributed by atoms with Crippen molar-refractivity contribution in [3.63, 3.8) is 0 Å². The lowest BCUT2D eigenvalue weighted by molar-refractivity contribution is -0.271. The molecule has 2 N–H and O–H groups in total. The van der Waals surface area contributed by atoms with E-state index >= 15 is 0 Å². The highest BCUT2D eigenvalue weighted by Crippen LogP contribution is 2.65. The predicted molar refractivity (Wildman–Crippen MR) is 75.3 cm³/mol. The van der Waals surface area contributed by atoms with Crippen LogP contribution in [0.4, 0.5) is 13.2 Å². The summed E-state index contributed by atoms with van der Waals surface area (Å²) in [4.78, 5) is 12.0. The van der Waals surface area contributed by atoms with Crippen LogP contribution in [0, 0.1) is 23.2 Å². The molecule has 3 saturated carbocycles. The lowest BCUT2D eigenvalue weighted by atomic mass is 9.47. The molecule has 0 spiro atoms. The maximum Gasteiger partial charge on any atom is 0.394 e. The Morgan fingerprint density at radius 3 is 2.45 bits per heavy atom. The first-order valence-electron chi connectivity index (χ1n) is 8.17. The van der Waals surface area contributed by atoms with Crippen molar-refractivity contribution in [1.82, 2.24) is 5.32 Å². The number of hydrogen-bond acceptors (Lipinski definition) is 2. The third-order valence-electron chi connectivity index (χ3n) is 6.35. The van der Waals surface area contributed by atoms with Crippen molar-refractivity contribution >= 4 is 5.97 Å². The van der Waals surface area contributed by atoms with Crippen LogP contribution >= 0.6 is 0 Å². The summed E-state index contributed by atoms with van der Waals surface area (Å²) >= 11 is 0. The first-order valence-corrected chi connectivity index (χ1v) is 8.17. The molecule has 3 fully saturated rings. The number of rotatable bonds is 3. The van der Waals surface area contributed by atoms with Crippen LogP contribution in [0.15, 0.2) is 0 Å². The first-order chi connectivity index (χ1) is 10.1. The Morgan fingerprint density at radius 1 is 1.23 bits per heavy atom. The minimum atomic E-state index is -4.23. The largest absolute Gasteiger partial charge is 0.480 e. The van der Waals surface area contributed by atoms with Crippen molar-refractivity contribution in [2.45, 2.75) is 70.1 Å². The molecule has 0 radical (unpaired) electrons. The highest BCUT2D eigenvalue weighted by atomic mass is 19.4. The van der Waals surface area contributed by atoms with E-state index in [9.17, 15) is 23.1 Å². The summed E-state index contributed by atoms with van der Waals surface area (Å²) in [5.41, 5.74) is -2.84. The Labute approximate surface area is 128 Å². The summed E-state index contributed by atoms with van der Waals surface area (Å²) in [6.45, 7) is 3.72. The number of nitrogens with one attached hydrogen (secondary N) is 1. The van der Waals surface area contributed by atoms with Crippen LogP contribution in [0.25, 0.3) is 0 Å². The zero-order chi connectivity index (χ0) is 16.3. The van der Waals surface area contributed by atoms with Crippen molar-refractivity contribution in [2.75, 3.05) is 0 Å². The molecule has 3 aliphatic rings. The SMILES string of the molecule is CC(C)NC1(C(=O)O)CC2CCC3(C(F)(F)F)CC2CC1C3.